The number of carbonyl (C=O) groups is 3. The number of aliphatic hydroxyl groups excluding tert-OH is 1. The minimum absolute atomic E-state index is 0.0640. The highest BCUT2D eigenvalue weighted by Gasteiger charge is 2.29. The molecule has 0 aromatic heterocycles. The smallest absolute Gasteiger partial charge is 0.407 e. The van der Waals surface area contributed by atoms with Gasteiger partial charge in [-0.2, -0.15) is 0 Å². The molecule has 0 unspecified atom stereocenters. The molecule has 50 heavy (non-hydrogen) atoms. The Kier molecular flexibility index (Phi) is 31.6. The molecule has 1 heterocycles. The number of hydrogen-bond donors (Lipinski definition) is 2. The summed E-state index contributed by atoms with van der Waals surface area (Å²) in [6.07, 6.45) is 31.5. The summed E-state index contributed by atoms with van der Waals surface area (Å²) in [7, 11) is 0. The number of unbranched alkanes of at least 4 members (excludes halogenated alkanes) is 24. The lowest BCUT2D eigenvalue weighted by Crippen LogP contribution is -2.60. The van der Waals surface area contributed by atoms with Gasteiger partial charge < -0.3 is 24.6 Å². The standard InChI is InChI=1S/C41H78N2O7/c1-3-5-7-9-11-13-15-17-19-21-23-25-27-29-39(45)48-35-38(50-41(47)42-37-33-43(34-37)31-32-44)36-49-40(46)30-28-26-24-22-20-18-16-14-12-10-8-6-4-2/h37-38,44H,3-36H2,1-2H3,(H,42,47). The van der Waals surface area contributed by atoms with Crippen LogP contribution in [0.2, 0.25) is 0 Å². The highest BCUT2D eigenvalue weighted by molar-refractivity contribution is 5.70. The first-order valence-corrected chi connectivity index (χ1v) is 21.1. The van der Waals surface area contributed by atoms with Crippen molar-refractivity contribution in [3.05, 3.63) is 0 Å². The summed E-state index contributed by atoms with van der Waals surface area (Å²) >= 11 is 0. The van der Waals surface area contributed by atoms with Crippen LogP contribution in [0.3, 0.4) is 0 Å². The van der Waals surface area contributed by atoms with E-state index in [2.05, 4.69) is 19.2 Å². The van der Waals surface area contributed by atoms with Crippen LogP contribution in [0.1, 0.15) is 194 Å². The Hall–Kier alpha value is -1.87. The fourth-order valence-electron chi connectivity index (χ4n) is 6.54. The summed E-state index contributed by atoms with van der Waals surface area (Å²) in [5.41, 5.74) is 0. The quantitative estimate of drug-likeness (QED) is 0.0375. The van der Waals surface area contributed by atoms with Crippen molar-refractivity contribution < 1.29 is 33.7 Å². The molecule has 9 nitrogen and oxygen atoms in total. The maximum Gasteiger partial charge on any atom is 0.407 e. The van der Waals surface area contributed by atoms with E-state index in [0.29, 0.717) is 32.5 Å². The molecule has 0 aromatic rings. The highest BCUT2D eigenvalue weighted by Crippen LogP contribution is 2.15. The molecule has 0 radical (unpaired) electrons. The fraction of sp³-hybridized carbons (Fsp3) is 0.927. The largest absolute Gasteiger partial charge is 0.462 e. The van der Waals surface area contributed by atoms with Crippen LogP contribution in [0, 0.1) is 0 Å². The van der Waals surface area contributed by atoms with Crippen LogP contribution >= 0.6 is 0 Å². The fourth-order valence-corrected chi connectivity index (χ4v) is 6.54. The number of ether oxygens (including phenoxy) is 3. The summed E-state index contributed by atoms with van der Waals surface area (Å²) in [6.45, 7) is 6.16. The normalized spacial score (nSPS) is 13.4. The summed E-state index contributed by atoms with van der Waals surface area (Å²) < 4.78 is 16.4. The van der Waals surface area contributed by atoms with Gasteiger partial charge in [-0.3, -0.25) is 14.5 Å². The Balaban J connectivity index is 2.22. The van der Waals surface area contributed by atoms with Crippen LogP contribution in [-0.2, 0) is 23.8 Å². The third-order valence-electron chi connectivity index (χ3n) is 9.80. The van der Waals surface area contributed by atoms with Crippen molar-refractivity contribution in [2.45, 2.75) is 206 Å². The first-order chi connectivity index (χ1) is 24.5. The Morgan fingerprint density at radius 2 is 0.920 bits per heavy atom. The Morgan fingerprint density at radius 3 is 1.26 bits per heavy atom. The molecule has 1 rings (SSSR count). The number of alkyl carbamates (subject to hydrolysis) is 1. The van der Waals surface area contributed by atoms with E-state index in [1.165, 1.54) is 128 Å². The van der Waals surface area contributed by atoms with Gasteiger partial charge in [0.15, 0.2) is 6.10 Å². The third-order valence-corrected chi connectivity index (χ3v) is 9.80. The zero-order chi connectivity index (χ0) is 36.3. The number of amides is 1. The molecule has 2 N–H and O–H groups in total. The van der Waals surface area contributed by atoms with Gasteiger partial charge in [0.05, 0.1) is 12.6 Å². The van der Waals surface area contributed by atoms with Gasteiger partial charge in [0.25, 0.3) is 0 Å². The van der Waals surface area contributed by atoms with Crippen molar-refractivity contribution in [1.29, 1.82) is 0 Å². The molecule has 0 aliphatic carbocycles. The molecule has 1 saturated heterocycles. The summed E-state index contributed by atoms with van der Waals surface area (Å²) in [4.78, 5) is 39.5. The number of nitrogens with one attached hydrogen (secondary N) is 1. The average molecular weight is 711 g/mol. The highest BCUT2D eigenvalue weighted by atomic mass is 16.6. The van der Waals surface area contributed by atoms with Crippen molar-refractivity contribution >= 4 is 18.0 Å². The predicted octanol–water partition coefficient (Wildman–Crippen LogP) is 9.81. The van der Waals surface area contributed by atoms with E-state index in [-0.39, 0.29) is 37.8 Å². The van der Waals surface area contributed by atoms with Gasteiger partial charge >= 0.3 is 18.0 Å². The lowest BCUT2D eigenvalue weighted by atomic mass is 10.0. The van der Waals surface area contributed by atoms with Crippen LogP contribution in [-0.4, -0.2) is 79.6 Å². The van der Waals surface area contributed by atoms with Gasteiger partial charge in [0, 0.05) is 32.5 Å². The van der Waals surface area contributed by atoms with Crippen molar-refractivity contribution in [2.24, 2.45) is 0 Å². The van der Waals surface area contributed by atoms with E-state index in [9.17, 15) is 14.4 Å². The van der Waals surface area contributed by atoms with Crippen molar-refractivity contribution in [3.63, 3.8) is 0 Å². The molecule has 1 fully saturated rings. The van der Waals surface area contributed by atoms with E-state index in [1.807, 2.05) is 4.90 Å². The predicted molar refractivity (Wildman–Crippen MR) is 203 cm³/mol. The molecule has 0 saturated carbocycles. The summed E-state index contributed by atoms with van der Waals surface area (Å²) in [5.74, 6) is -0.641. The van der Waals surface area contributed by atoms with Crippen LogP contribution in [0.5, 0.6) is 0 Å². The van der Waals surface area contributed by atoms with Gasteiger partial charge in [-0.15, -0.1) is 0 Å². The number of β-amino-alcohol motifs (C(OH)–C–C–N with tert-alkyl or cyclic N) is 1. The number of rotatable bonds is 36. The molecule has 294 valence electrons. The van der Waals surface area contributed by atoms with E-state index < -0.39 is 12.2 Å². The van der Waals surface area contributed by atoms with E-state index in [0.717, 1.165) is 38.5 Å². The summed E-state index contributed by atoms with van der Waals surface area (Å²) in [6, 6.07) is -0.0640. The zero-order valence-corrected chi connectivity index (χ0v) is 32.5. The second-order valence-corrected chi connectivity index (χ2v) is 14.7. The maximum atomic E-state index is 12.5. The van der Waals surface area contributed by atoms with Crippen LogP contribution < -0.4 is 5.32 Å². The minimum atomic E-state index is -0.866. The van der Waals surface area contributed by atoms with Crippen molar-refractivity contribution in [1.82, 2.24) is 10.2 Å². The van der Waals surface area contributed by atoms with Gasteiger partial charge in [0.2, 0.25) is 0 Å². The number of carbonyl (C=O) groups excluding carboxylic acids is 3. The van der Waals surface area contributed by atoms with Crippen LogP contribution in [0.15, 0.2) is 0 Å². The molecule has 1 aliphatic heterocycles. The monoisotopic (exact) mass is 711 g/mol. The number of nitrogens with zero attached hydrogens (tertiary/aromatic N) is 1. The summed E-state index contributed by atoms with van der Waals surface area (Å²) in [5, 5.41) is 11.9. The molecule has 1 aliphatic rings. The first-order valence-electron chi connectivity index (χ1n) is 21.1. The van der Waals surface area contributed by atoms with Gasteiger partial charge in [-0.1, -0.05) is 168 Å². The SMILES string of the molecule is CCCCCCCCCCCCCCCC(=O)OCC(COC(=O)CCCCCCCCCCCCCCC)OC(=O)NC1CN(CCO)C1. The second kappa shape index (κ2) is 34.2. The molecule has 1 amide bonds. The molecule has 0 spiro atoms. The van der Waals surface area contributed by atoms with Crippen LogP contribution in [0.4, 0.5) is 4.79 Å². The van der Waals surface area contributed by atoms with E-state index in [4.69, 9.17) is 19.3 Å². The third kappa shape index (κ3) is 28.8. The number of likely N-dealkylation sites (tertiary alicyclic amines) is 1. The Morgan fingerprint density at radius 1 is 0.580 bits per heavy atom. The van der Waals surface area contributed by atoms with Gasteiger partial charge in [0.1, 0.15) is 13.2 Å². The van der Waals surface area contributed by atoms with Gasteiger partial charge in [-0.25, -0.2) is 4.79 Å². The second-order valence-electron chi connectivity index (χ2n) is 14.7. The molecule has 9 heteroatoms. The van der Waals surface area contributed by atoms with Gasteiger partial charge in [-0.05, 0) is 12.8 Å². The topological polar surface area (TPSA) is 114 Å². The maximum absolute atomic E-state index is 12.5. The number of esters is 2. The van der Waals surface area contributed by atoms with E-state index >= 15 is 0 Å². The number of aliphatic hydroxyl groups is 1. The Labute approximate surface area is 306 Å². The Bertz CT molecular complexity index is 760. The minimum Gasteiger partial charge on any atom is -0.462 e. The molecular formula is C41H78N2O7. The number of hydrogen-bond acceptors (Lipinski definition) is 8. The lowest BCUT2D eigenvalue weighted by Gasteiger charge is -2.38. The lowest BCUT2D eigenvalue weighted by molar-refractivity contribution is -0.152. The molecular weight excluding hydrogens is 632 g/mol. The first kappa shape index (κ1) is 46.2. The molecule has 0 atom stereocenters. The van der Waals surface area contributed by atoms with Crippen molar-refractivity contribution in [3.8, 4) is 0 Å². The molecule has 0 bridgehead atoms. The molecule has 0 aromatic carbocycles. The van der Waals surface area contributed by atoms with E-state index in [1.54, 1.807) is 0 Å². The van der Waals surface area contributed by atoms with Crippen molar-refractivity contribution in [2.75, 3.05) is 39.5 Å². The zero-order valence-electron chi connectivity index (χ0n) is 32.5. The average Bonchev–Trinajstić information content (AvgIpc) is 3.09. The van der Waals surface area contributed by atoms with Crippen LogP contribution in [0.25, 0.3) is 0 Å².